The predicted molar refractivity (Wildman–Crippen MR) is 178 cm³/mol. The summed E-state index contributed by atoms with van der Waals surface area (Å²) in [6, 6.07) is 29.6. The highest BCUT2D eigenvalue weighted by Crippen LogP contribution is 2.43. The molecule has 1 aliphatic heterocycles. The lowest BCUT2D eigenvalue weighted by Gasteiger charge is -2.23. The molecule has 0 aromatic heterocycles. The van der Waals surface area contributed by atoms with E-state index >= 15 is 8.78 Å². The van der Waals surface area contributed by atoms with Gasteiger partial charge in [-0.05, 0) is 74.6 Å². The number of carbonyl (C=O) groups is 3. The van der Waals surface area contributed by atoms with Crippen molar-refractivity contribution in [2.45, 2.75) is 18.8 Å². The molecule has 0 saturated heterocycles. The molecule has 0 radical (unpaired) electrons. The van der Waals surface area contributed by atoms with Crippen molar-refractivity contribution in [3.63, 3.8) is 0 Å². The van der Waals surface area contributed by atoms with Gasteiger partial charge in [-0.1, -0.05) is 66.7 Å². The van der Waals surface area contributed by atoms with Gasteiger partial charge in [0.25, 0.3) is 17.7 Å². The van der Waals surface area contributed by atoms with E-state index in [0.29, 0.717) is 29.9 Å². The van der Waals surface area contributed by atoms with Gasteiger partial charge < -0.3 is 20.4 Å². The van der Waals surface area contributed by atoms with Crippen molar-refractivity contribution in [1.82, 2.24) is 10.2 Å². The van der Waals surface area contributed by atoms with Crippen molar-refractivity contribution >= 4 is 34.7 Å². The summed E-state index contributed by atoms with van der Waals surface area (Å²) in [6.07, 6.45) is 0.985. The minimum Gasteiger partial charge on any atom is -0.352 e. The number of allylic oxidation sites excluding steroid dienone is 1. The summed E-state index contributed by atoms with van der Waals surface area (Å²) < 4.78 is 31.0. The van der Waals surface area contributed by atoms with Gasteiger partial charge in [0, 0.05) is 53.5 Å². The lowest BCUT2D eigenvalue weighted by molar-refractivity contribution is -0.116. The molecule has 1 heterocycles. The first-order valence-electron chi connectivity index (χ1n) is 15.1. The first kappa shape index (κ1) is 32.2. The number of benzene rings is 4. The SMILES string of the molecule is CN(C)CCCNC(=O)C=C1c2ccccc2N(C(=O)c2ccc(NC(=O)c3ccccc3-c3ccccc3)cc2)CCC1(F)F. The molecule has 9 heteroatoms. The summed E-state index contributed by atoms with van der Waals surface area (Å²) in [5, 5.41) is 5.58. The number of carbonyl (C=O) groups excluding carboxylic acids is 3. The number of hydrogen-bond acceptors (Lipinski definition) is 4. The maximum Gasteiger partial charge on any atom is 0.275 e. The van der Waals surface area contributed by atoms with Crippen LogP contribution in [0.25, 0.3) is 16.7 Å². The quantitative estimate of drug-likeness (QED) is 0.160. The van der Waals surface area contributed by atoms with Gasteiger partial charge in [0.1, 0.15) is 0 Å². The number of fused-ring (bicyclic) bond motifs is 1. The molecule has 0 aliphatic carbocycles. The fourth-order valence-corrected chi connectivity index (χ4v) is 5.43. The van der Waals surface area contributed by atoms with Crippen LogP contribution < -0.4 is 15.5 Å². The molecule has 3 amide bonds. The zero-order valence-corrected chi connectivity index (χ0v) is 25.8. The molecule has 0 bridgehead atoms. The van der Waals surface area contributed by atoms with Crippen LogP contribution in [-0.2, 0) is 4.79 Å². The Kier molecular flexibility index (Phi) is 10.0. The van der Waals surface area contributed by atoms with Crippen LogP contribution >= 0.6 is 0 Å². The molecule has 0 saturated carbocycles. The summed E-state index contributed by atoms with van der Waals surface area (Å²) in [5.41, 5.74) is 2.96. The van der Waals surface area contributed by atoms with Crippen LogP contribution in [0.2, 0.25) is 0 Å². The molecule has 46 heavy (non-hydrogen) atoms. The van der Waals surface area contributed by atoms with Gasteiger partial charge in [-0.25, -0.2) is 8.78 Å². The van der Waals surface area contributed by atoms with E-state index < -0.39 is 29.7 Å². The van der Waals surface area contributed by atoms with E-state index in [4.69, 9.17) is 0 Å². The Labute approximate surface area is 267 Å². The standard InChI is InChI=1S/C37H36F2N4O3/c1-42(2)23-10-22-40-34(44)25-32-31-15-8-9-16-33(31)43(24-21-37(32,38)39)36(46)27-17-19-28(20-18-27)41-35(45)30-14-7-6-13-29(30)26-11-4-3-5-12-26/h3-9,11-20,25H,10,21-24H2,1-2H3,(H,40,44)(H,41,45). The average molecular weight is 623 g/mol. The van der Waals surface area contributed by atoms with Crippen molar-refractivity contribution in [3.05, 3.63) is 126 Å². The monoisotopic (exact) mass is 622 g/mol. The number of amides is 3. The molecular formula is C37H36F2N4O3. The number of rotatable bonds is 9. The van der Waals surface area contributed by atoms with Crippen molar-refractivity contribution in [1.29, 1.82) is 0 Å². The Morgan fingerprint density at radius 3 is 2.22 bits per heavy atom. The zero-order chi connectivity index (χ0) is 32.7. The van der Waals surface area contributed by atoms with Crippen LogP contribution in [0.1, 0.15) is 39.1 Å². The summed E-state index contributed by atoms with van der Waals surface area (Å²) in [5.74, 6) is -4.71. The van der Waals surface area contributed by atoms with E-state index in [9.17, 15) is 14.4 Å². The molecular weight excluding hydrogens is 586 g/mol. The number of anilines is 2. The summed E-state index contributed by atoms with van der Waals surface area (Å²) in [4.78, 5) is 42.9. The molecule has 0 fully saturated rings. The van der Waals surface area contributed by atoms with Gasteiger partial charge in [0.2, 0.25) is 5.91 Å². The maximum absolute atomic E-state index is 15.5. The minimum absolute atomic E-state index is 0.128. The Hall–Kier alpha value is -5.15. The van der Waals surface area contributed by atoms with Crippen LogP contribution in [0.3, 0.4) is 0 Å². The predicted octanol–water partition coefficient (Wildman–Crippen LogP) is 6.74. The highest BCUT2D eigenvalue weighted by atomic mass is 19.3. The lowest BCUT2D eigenvalue weighted by atomic mass is 9.97. The highest BCUT2D eigenvalue weighted by Gasteiger charge is 2.41. The van der Waals surface area contributed by atoms with Crippen LogP contribution in [0, 0.1) is 0 Å². The van der Waals surface area contributed by atoms with Gasteiger partial charge in [0.05, 0.1) is 5.69 Å². The third-order valence-corrected chi connectivity index (χ3v) is 7.78. The first-order chi connectivity index (χ1) is 22.1. The summed E-state index contributed by atoms with van der Waals surface area (Å²) in [6.45, 7) is 0.858. The Bertz CT molecular complexity index is 1740. The molecule has 236 valence electrons. The number of para-hydroxylation sites is 1. The summed E-state index contributed by atoms with van der Waals surface area (Å²) >= 11 is 0. The van der Waals surface area contributed by atoms with Gasteiger partial charge in [-0.3, -0.25) is 14.4 Å². The normalized spacial score (nSPS) is 14.8. The third kappa shape index (κ3) is 7.55. The smallest absolute Gasteiger partial charge is 0.275 e. The summed E-state index contributed by atoms with van der Waals surface area (Å²) in [7, 11) is 3.83. The minimum atomic E-state index is -3.34. The average Bonchev–Trinajstić information content (AvgIpc) is 3.17. The Morgan fingerprint density at radius 1 is 0.848 bits per heavy atom. The van der Waals surface area contributed by atoms with Crippen LogP contribution in [-0.4, -0.2) is 62.3 Å². The molecule has 2 N–H and O–H groups in total. The van der Waals surface area contributed by atoms with Crippen molar-refractivity contribution in [2.75, 3.05) is 43.9 Å². The molecule has 7 nitrogen and oxygen atoms in total. The topological polar surface area (TPSA) is 81.8 Å². The molecule has 4 aromatic rings. The van der Waals surface area contributed by atoms with E-state index in [1.807, 2.05) is 61.5 Å². The maximum atomic E-state index is 15.5. The van der Waals surface area contributed by atoms with E-state index in [0.717, 1.165) is 23.7 Å². The number of hydrogen-bond donors (Lipinski definition) is 2. The Morgan fingerprint density at radius 2 is 1.50 bits per heavy atom. The number of halogens is 2. The second kappa shape index (κ2) is 14.3. The molecule has 4 aromatic carbocycles. The number of nitrogens with one attached hydrogen (secondary N) is 2. The molecule has 0 unspecified atom stereocenters. The van der Waals surface area contributed by atoms with E-state index in [1.165, 1.54) is 11.0 Å². The van der Waals surface area contributed by atoms with Gasteiger partial charge in [0.15, 0.2) is 0 Å². The van der Waals surface area contributed by atoms with Gasteiger partial charge >= 0.3 is 0 Å². The van der Waals surface area contributed by atoms with Crippen molar-refractivity contribution < 1.29 is 23.2 Å². The van der Waals surface area contributed by atoms with Crippen LogP contribution in [0.4, 0.5) is 20.2 Å². The lowest BCUT2D eigenvalue weighted by Crippen LogP contribution is -2.33. The van der Waals surface area contributed by atoms with Crippen LogP contribution in [0.15, 0.2) is 109 Å². The zero-order valence-electron chi connectivity index (χ0n) is 25.8. The van der Waals surface area contributed by atoms with Crippen LogP contribution in [0.5, 0.6) is 0 Å². The van der Waals surface area contributed by atoms with E-state index in [1.54, 1.807) is 54.6 Å². The van der Waals surface area contributed by atoms with Gasteiger partial charge in [-0.15, -0.1) is 0 Å². The Balaban J connectivity index is 1.34. The second-order valence-electron chi connectivity index (χ2n) is 11.4. The van der Waals surface area contributed by atoms with E-state index in [-0.39, 0.29) is 23.6 Å². The molecule has 5 rings (SSSR count). The fourth-order valence-electron chi connectivity index (χ4n) is 5.43. The molecule has 0 spiro atoms. The van der Waals surface area contributed by atoms with Crippen molar-refractivity contribution in [3.8, 4) is 11.1 Å². The first-order valence-corrected chi connectivity index (χ1v) is 15.1. The largest absolute Gasteiger partial charge is 0.352 e. The number of alkyl halides is 2. The third-order valence-electron chi connectivity index (χ3n) is 7.78. The molecule has 0 atom stereocenters. The van der Waals surface area contributed by atoms with Crippen molar-refractivity contribution in [2.24, 2.45) is 0 Å². The second-order valence-corrected chi connectivity index (χ2v) is 11.4. The molecule has 1 aliphatic rings. The van der Waals surface area contributed by atoms with E-state index in [2.05, 4.69) is 10.6 Å². The number of nitrogens with zero attached hydrogens (tertiary/aromatic N) is 2. The fraction of sp³-hybridized carbons (Fsp3) is 0.216. The highest BCUT2D eigenvalue weighted by molar-refractivity contribution is 6.11. The van der Waals surface area contributed by atoms with Gasteiger partial charge in [-0.2, -0.15) is 0 Å².